The molecular weight excluding hydrogens is 266 g/mol. The van der Waals surface area contributed by atoms with Crippen LogP contribution in [0, 0.1) is 0 Å². The van der Waals surface area contributed by atoms with E-state index >= 15 is 0 Å². The zero-order chi connectivity index (χ0) is 11.7. The summed E-state index contributed by atoms with van der Waals surface area (Å²) < 4.78 is 52.8. The molecule has 1 rings (SSSR count). The molecule has 15 heavy (non-hydrogen) atoms. The number of nitrogens with one attached hydrogen (secondary N) is 1. The van der Waals surface area contributed by atoms with E-state index in [0.717, 1.165) is 10.2 Å². The molecule has 6 nitrogen and oxygen atoms in total. The van der Waals surface area contributed by atoms with Crippen molar-refractivity contribution in [3.8, 4) is 0 Å². The predicted molar refractivity (Wildman–Crippen MR) is 53.3 cm³/mol. The lowest BCUT2D eigenvalue weighted by atomic mass is 10.4. The van der Waals surface area contributed by atoms with Crippen LogP contribution in [0.15, 0.2) is 29.2 Å². The monoisotopic (exact) mass is 271 g/mol. The van der Waals surface area contributed by atoms with E-state index in [4.69, 9.17) is 16.2 Å². The highest BCUT2D eigenvalue weighted by Gasteiger charge is 2.22. The fourth-order valence-electron chi connectivity index (χ4n) is 0.846. The van der Waals surface area contributed by atoms with Gasteiger partial charge in [0.1, 0.15) is 4.90 Å². The van der Waals surface area contributed by atoms with Crippen molar-refractivity contribution in [3.63, 3.8) is 0 Å². The quantitative estimate of drug-likeness (QED) is 0.776. The van der Waals surface area contributed by atoms with Gasteiger partial charge in [-0.15, -0.1) is 0 Å². The van der Waals surface area contributed by atoms with Gasteiger partial charge in [0.2, 0.25) is 0 Å². The van der Waals surface area contributed by atoms with Crippen molar-refractivity contribution in [2.24, 2.45) is 0 Å². The third-order valence-corrected chi connectivity index (χ3v) is 4.44. The molecule has 0 amide bonds. The summed E-state index contributed by atoms with van der Waals surface area (Å²) in [5.41, 5.74) is 0. The average molecular weight is 272 g/mol. The lowest BCUT2D eigenvalue weighted by Crippen LogP contribution is -2.30. The van der Waals surface area contributed by atoms with E-state index in [1.54, 1.807) is 0 Å². The summed E-state index contributed by atoms with van der Waals surface area (Å²) in [5, 5.41) is -0.145. The van der Waals surface area contributed by atoms with Gasteiger partial charge in [-0.25, -0.2) is 8.42 Å². The number of rotatable bonds is 3. The summed E-state index contributed by atoms with van der Waals surface area (Å²) in [7, 11) is -9.21. The number of halogens is 1. The summed E-state index contributed by atoms with van der Waals surface area (Å²) in [6, 6.07) is 5.23. The van der Waals surface area contributed by atoms with Gasteiger partial charge in [0, 0.05) is 0 Å². The van der Waals surface area contributed by atoms with Crippen LogP contribution in [0.5, 0.6) is 0 Å². The summed E-state index contributed by atoms with van der Waals surface area (Å²) >= 11 is 5.54. The van der Waals surface area contributed by atoms with E-state index < -0.39 is 25.2 Å². The van der Waals surface area contributed by atoms with Gasteiger partial charge in [-0.1, -0.05) is 27.9 Å². The van der Waals surface area contributed by atoms with Crippen LogP contribution in [0.25, 0.3) is 0 Å². The molecule has 0 aliphatic carbocycles. The molecule has 0 aromatic heterocycles. The van der Waals surface area contributed by atoms with E-state index in [2.05, 4.69) is 0 Å². The van der Waals surface area contributed by atoms with E-state index in [9.17, 15) is 16.8 Å². The van der Waals surface area contributed by atoms with Crippen LogP contribution in [0.2, 0.25) is 5.02 Å². The minimum absolute atomic E-state index is 0.145. The molecule has 0 bridgehead atoms. The normalized spacial score (nSPS) is 12.7. The average Bonchev–Trinajstić information content (AvgIpc) is 1.99. The maximum absolute atomic E-state index is 11.3. The lowest BCUT2D eigenvalue weighted by Gasteiger charge is -2.04. The lowest BCUT2D eigenvalue weighted by molar-refractivity contribution is 0.477. The van der Waals surface area contributed by atoms with Gasteiger partial charge in [-0.3, -0.25) is 4.55 Å². The van der Waals surface area contributed by atoms with Crippen molar-refractivity contribution in [3.05, 3.63) is 29.3 Å². The highest BCUT2D eigenvalue weighted by Crippen LogP contribution is 2.20. The van der Waals surface area contributed by atoms with E-state index in [1.165, 1.54) is 18.2 Å². The second-order valence-corrected chi connectivity index (χ2v) is 5.96. The molecule has 0 atom stereocenters. The Morgan fingerprint density at radius 1 is 1.13 bits per heavy atom. The fourth-order valence-corrected chi connectivity index (χ4v) is 3.34. The van der Waals surface area contributed by atoms with Crippen LogP contribution in [0.4, 0.5) is 0 Å². The van der Waals surface area contributed by atoms with Gasteiger partial charge in [0.25, 0.3) is 10.0 Å². The number of benzene rings is 1. The van der Waals surface area contributed by atoms with Crippen LogP contribution in [0.1, 0.15) is 0 Å². The molecule has 84 valence electrons. The molecule has 9 heteroatoms. The first-order valence-corrected chi connectivity index (χ1v) is 6.78. The van der Waals surface area contributed by atoms with Crippen LogP contribution in [0.3, 0.4) is 0 Å². The zero-order valence-electron chi connectivity index (χ0n) is 7.08. The maximum Gasteiger partial charge on any atom is 0.346 e. The fraction of sp³-hybridized carbons (Fsp3) is 0. The molecule has 0 aliphatic rings. The molecular formula is C6H6ClNO5S2. The first kappa shape index (κ1) is 12.4. The largest absolute Gasteiger partial charge is 0.346 e. The molecule has 0 aliphatic heterocycles. The summed E-state index contributed by atoms with van der Waals surface area (Å²) in [6.07, 6.45) is 0. The van der Waals surface area contributed by atoms with Crippen molar-refractivity contribution in [1.82, 2.24) is 4.13 Å². The van der Waals surface area contributed by atoms with Crippen molar-refractivity contribution in [2.45, 2.75) is 4.90 Å². The Hall–Kier alpha value is -0.670. The van der Waals surface area contributed by atoms with Crippen LogP contribution in [-0.2, 0) is 20.3 Å². The highest BCUT2D eigenvalue weighted by atomic mass is 35.5. The molecule has 0 saturated carbocycles. The molecule has 0 spiro atoms. The molecule has 0 saturated heterocycles. The topological polar surface area (TPSA) is 101 Å². The first-order valence-electron chi connectivity index (χ1n) is 3.48. The van der Waals surface area contributed by atoms with Gasteiger partial charge in [0.15, 0.2) is 0 Å². The highest BCUT2D eigenvalue weighted by molar-refractivity contribution is 8.02. The second-order valence-electron chi connectivity index (χ2n) is 2.49. The minimum Gasteiger partial charge on any atom is -0.273 e. The molecule has 0 radical (unpaired) electrons. The van der Waals surface area contributed by atoms with Crippen molar-refractivity contribution < 1.29 is 21.4 Å². The summed E-state index contributed by atoms with van der Waals surface area (Å²) in [4.78, 5) is -0.427. The van der Waals surface area contributed by atoms with Gasteiger partial charge in [-0.05, 0) is 12.1 Å². The third-order valence-electron chi connectivity index (χ3n) is 1.34. The number of hydrogen-bond acceptors (Lipinski definition) is 4. The molecule has 0 unspecified atom stereocenters. The van der Waals surface area contributed by atoms with E-state index in [0.29, 0.717) is 0 Å². The molecule has 0 fully saturated rings. The third kappa shape index (κ3) is 3.43. The van der Waals surface area contributed by atoms with Crippen molar-refractivity contribution >= 4 is 31.9 Å². The van der Waals surface area contributed by atoms with E-state index in [1.807, 2.05) is 0 Å². The summed E-state index contributed by atoms with van der Waals surface area (Å²) in [6.45, 7) is 0. The minimum atomic E-state index is -4.84. The van der Waals surface area contributed by atoms with Gasteiger partial charge in [-0.2, -0.15) is 8.42 Å². The Morgan fingerprint density at radius 2 is 1.67 bits per heavy atom. The first-order chi connectivity index (χ1) is 6.72. The van der Waals surface area contributed by atoms with Crippen LogP contribution < -0.4 is 4.13 Å². The Balaban J connectivity index is 3.25. The smallest absolute Gasteiger partial charge is 0.273 e. The molecule has 0 heterocycles. The standard InChI is InChI=1S/C6H6ClNO5S2/c7-5-3-1-2-4-6(5)14(9,10)8-15(11,12)13/h1-4,8H,(H,11,12,13). The number of hydrogen-bond donors (Lipinski definition) is 2. The van der Waals surface area contributed by atoms with Crippen LogP contribution in [-0.4, -0.2) is 21.4 Å². The van der Waals surface area contributed by atoms with E-state index in [-0.39, 0.29) is 5.02 Å². The maximum atomic E-state index is 11.3. The molecule has 2 N–H and O–H groups in total. The Bertz CT molecular complexity index is 565. The number of sulfonamides is 1. The van der Waals surface area contributed by atoms with Crippen molar-refractivity contribution in [2.75, 3.05) is 0 Å². The molecule has 1 aromatic rings. The Kier molecular flexibility index (Phi) is 3.36. The Labute approximate surface area is 91.8 Å². The van der Waals surface area contributed by atoms with Gasteiger partial charge in [0.05, 0.1) is 5.02 Å². The summed E-state index contributed by atoms with van der Waals surface area (Å²) in [5.74, 6) is 0. The van der Waals surface area contributed by atoms with Crippen LogP contribution >= 0.6 is 11.6 Å². The molecule has 1 aromatic carbocycles. The Morgan fingerprint density at radius 3 is 2.13 bits per heavy atom. The van der Waals surface area contributed by atoms with Crippen molar-refractivity contribution in [1.29, 1.82) is 0 Å². The predicted octanol–water partition coefficient (Wildman–Crippen LogP) is 0.421. The zero-order valence-corrected chi connectivity index (χ0v) is 9.47. The van der Waals surface area contributed by atoms with Gasteiger partial charge >= 0.3 is 10.3 Å². The second kappa shape index (κ2) is 4.06. The van der Waals surface area contributed by atoms with Gasteiger partial charge < -0.3 is 0 Å². The SMILES string of the molecule is O=S(=O)(O)NS(=O)(=O)c1ccccc1Cl.